The van der Waals surface area contributed by atoms with E-state index in [0.29, 0.717) is 6.04 Å². The third kappa shape index (κ3) is 3.01. The highest BCUT2D eigenvalue weighted by Gasteiger charge is 2.23. The molecule has 1 aromatic rings. The van der Waals surface area contributed by atoms with Crippen molar-refractivity contribution in [3.8, 4) is 0 Å². The smallest absolute Gasteiger partial charge is 0.280 e. The molecule has 6 heteroatoms. The summed E-state index contributed by atoms with van der Waals surface area (Å²) in [5.74, 6) is 0.743. The molecule has 4 nitrogen and oxygen atoms in total. The fraction of sp³-hybridized carbons (Fsp3) is 0.727. The van der Waals surface area contributed by atoms with E-state index in [1.807, 2.05) is 4.57 Å². The Bertz CT molecular complexity index is 483. The highest BCUT2D eigenvalue weighted by atomic mass is 35.7. The molecular weight excluding hydrogens is 260 g/mol. The van der Waals surface area contributed by atoms with Gasteiger partial charge in [0.25, 0.3) is 9.05 Å². The SMILES string of the molecule is CCC1CCCC(n2cnc(S(=O)(=O)Cl)c2)C1. The van der Waals surface area contributed by atoms with E-state index >= 15 is 0 Å². The van der Waals surface area contributed by atoms with Gasteiger partial charge in [-0.05, 0) is 18.8 Å². The Balaban J connectivity index is 2.15. The van der Waals surface area contributed by atoms with Crippen molar-refractivity contribution in [1.82, 2.24) is 9.55 Å². The summed E-state index contributed by atoms with van der Waals surface area (Å²) in [4.78, 5) is 3.86. The maximum absolute atomic E-state index is 11.1. The zero-order chi connectivity index (χ0) is 12.5. The van der Waals surface area contributed by atoms with Gasteiger partial charge in [0.05, 0.1) is 6.33 Å². The second-order valence-corrected chi connectivity index (χ2v) is 7.20. The number of imidazole rings is 1. The third-order valence-corrected chi connectivity index (χ3v) is 4.77. The van der Waals surface area contributed by atoms with Gasteiger partial charge < -0.3 is 4.57 Å². The summed E-state index contributed by atoms with van der Waals surface area (Å²) in [5.41, 5.74) is 0. The first kappa shape index (κ1) is 12.9. The molecule has 1 heterocycles. The van der Waals surface area contributed by atoms with Crippen molar-refractivity contribution in [2.45, 2.75) is 50.1 Å². The molecule has 1 aliphatic carbocycles. The maximum Gasteiger partial charge on any atom is 0.280 e. The number of hydrogen-bond acceptors (Lipinski definition) is 3. The van der Waals surface area contributed by atoms with E-state index in [9.17, 15) is 8.42 Å². The van der Waals surface area contributed by atoms with Gasteiger partial charge in [0.2, 0.25) is 0 Å². The second kappa shape index (κ2) is 4.98. The summed E-state index contributed by atoms with van der Waals surface area (Å²) in [6.45, 7) is 2.20. The Kier molecular flexibility index (Phi) is 3.78. The lowest BCUT2D eigenvalue weighted by Crippen LogP contribution is -2.17. The summed E-state index contributed by atoms with van der Waals surface area (Å²) in [6, 6.07) is 0.369. The number of aromatic nitrogens is 2. The number of rotatable bonds is 3. The quantitative estimate of drug-likeness (QED) is 0.798. The van der Waals surface area contributed by atoms with Crippen molar-refractivity contribution in [3.63, 3.8) is 0 Å². The molecule has 2 atom stereocenters. The zero-order valence-corrected chi connectivity index (χ0v) is 11.4. The van der Waals surface area contributed by atoms with Gasteiger partial charge in [-0.3, -0.25) is 0 Å². The molecule has 0 radical (unpaired) electrons. The molecule has 0 amide bonds. The first-order valence-corrected chi connectivity index (χ1v) is 8.29. The molecule has 17 heavy (non-hydrogen) atoms. The first-order chi connectivity index (χ1) is 8.00. The largest absolute Gasteiger partial charge is 0.333 e. The summed E-state index contributed by atoms with van der Waals surface area (Å²) < 4.78 is 24.2. The molecular formula is C11H17ClN2O2S. The predicted octanol–water partition coefficient (Wildman–Crippen LogP) is 2.95. The number of hydrogen-bond donors (Lipinski definition) is 0. The Morgan fingerprint density at radius 1 is 1.53 bits per heavy atom. The van der Waals surface area contributed by atoms with Gasteiger partial charge in [-0.15, -0.1) is 0 Å². The van der Waals surface area contributed by atoms with Crippen LogP contribution in [0.5, 0.6) is 0 Å². The van der Waals surface area contributed by atoms with Crippen molar-refractivity contribution in [2.24, 2.45) is 5.92 Å². The van der Waals surface area contributed by atoms with Crippen LogP contribution in [0.2, 0.25) is 0 Å². The van der Waals surface area contributed by atoms with Crippen LogP contribution in [0.25, 0.3) is 0 Å². The molecule has 1 fully saturated rings. The molecule has 1 saturated carbocycles. The first-order valence-electron chi connectivity index (χ1n) is 5.99. The van der Waals surface area contributed by atoms with Crippen molar-refractivity contribution >= 4 is 19.7 Å². The Morgan fingerprint density at radius 2 is 2.29 bits per heavy atom. The summed E-state index contributed by atoms with van der Waals surface area (Å²) in [5, 5.41) is -0.0437. The van der Waals surface area contributed by atoms with Gasteiger partial charge in [0, 0.05) is 22.9 Å². The standard InChI is InChI=1S/C11H17ClN2O2S/c1-2-9-4-3-5-10(6-9)14-7-11(13-8-14)17(12,15)16/h7-10H,2-6H2,1H3. The Hall–Kier alpha value is -0.550. The average Bonchev–Trinajstić information content (AvgIpc) is 2.78. The van der Waals surface area contributed by atoms with Crippen LogP contribution in [-0.2, 0) is 9.05 Å². The minimum Gasteiger partial charge on any atom is -0.333 e. The second-order valence-electron chi connectivity index (χ2n) is 4.69. The molecule has 2 rings (SSSR count). The highest BCUT2D eigenvalue weighted by Crippen LogP contribution is 2.34. The van der Waals surface area contributed by atoms with Gasteiger partial charge >= 0.3 is 0 Å². The highest BCUT2D eigenvalue weighted by molar-refractivity contribution is 8.13. The van der Waals surface area contributed by atoms with E-state index in [0.717, 1.165) is 18.8 Å². The van der Waals surface area contributed by atoms with E-state index in [-0.39, 0.29) is 5.03 Å². The molecule has 0 bridgehead atoms. The van der Waals surface area contributed by atoms with Crippen molar-refractivity contribution < 1.29 is 8.42 Å². The van der Waals surface area contributed by atoms with Crippen LogP contribution >= 0.6 is 10.7 Å². The minimum atomic E-state index is -3.70. The van der Waals surface area contributed by atoms with Gasteiger partial charge in [0.15, 0.2) is 5.03 Å². The molecule has 96 valence electrons. The van der Waals surface area contributed by atoms with E-state index < -0.39 is 9.05 Å². The molecule has 0 N–H and O–H groups in total. The van der Waals surface area contributed by atoms with Crippen molar-refractivity contribution in [1.29, 1.82) is 0 Å². The lowest BCUT2D eigenvalue weighted by molar-refractivity contribution is 0.261. The van der Waals surface area contributed by atoms with Crippen LogP contribution < -0.4 is 0 Å². The van der Waals surface area contributed by atoms with E-state index in [1.165, 1.54) is 19.3 Å². The van der Waals surface area contributed by atoms with Crippen LogP contribution in [0.15, 0.2) is 17.6 Å². The van der Waals surface area contributed by atoms with Crippen molar-refractivity contribution in [2.75, 3.05) is 0 Å². The molecule has 0 aliphatic heterocycles. The maximum atomic E-state index is 11.1. The van der Waals surface area contributed by atoms with Gasteiger partial charge in [-0.25, -0.2) is 13.4 Å². The molecule has 1 aromatic heterocycles. The fourth-order valence-electron chi connectivity index (χ4n) is 2.55. The number of nitrogens with zero attached hydrogens (tertiary/aromatic N) is 2. The van der Waals surface area contributed by atoms with Crippen LogP contribution in [0.3, 0.4) is 0 Å². The lowest BCUT2D eigenvalue weighted by atomic mass is 9.84. The Morgan fingerprint density at radius 3 is 2.88 bits per heavy atom. The molecule has 1 aliphatic rings. The summed E-state index contributed by atoms with van der Waals surface area (Å²) in [7, 11) is 1.56. The van der Waals surface area contributed by atoms with Crippen LogP contribution in [0, 0.1) is 5.92 Å². The monoisotopic (exact) mass is 276 g/mol. The summed E-state index contributed by atoms with van der Waals surface area (Å²) in [6.07, 6.45) is 8.99. The van der Waals surface area contributed by atoms with Crippen LogP contribution in [0.1, 0.15) is 45.1 Å². The lowest BCUT2D eigenvalue weighted by Gasteiger charge is -2.29. The van der Waals surface area contributed by atoms with E-state index in [2.05, 4.69) is 11.9 Å². The fourth-order valence-corrected chi connectivity index (χ4v) is 3.21. The van der Waals surface area contributed by atoms with Gasteiger partial charge in [-0.2, -0.15) is 0 Å². The zero-order valence-electron chi connectivity index (χ0n) is 9.84. The minimum absolute atomic E-state index is 0.0437. The average molecular weight is 277 g/mol. The van der Waals surface area contributed by atoms with Crippen LogP contribution in [-0.4, -0.2) is 18.0 Å². The molecule has 2 unspecified atom stereocenters. The van der Waals surface area contributed by atoms with E-state index in [1.54, 1.807) is 12.5 Å². The van der Waals surface area contributed by atoms with Gasteiger partial charge in [0.1, 0.15) is 0 Å². The molecule has 0 aromatic carbocycles. The van der Waals surface area contributed by atoms with Gasteiger partial charge in [-0.1, -0.05) is 26.2 Å². The Labute approximate surface area is 106 Å². The number of halogens is 1. The van der Waals surface area contributed by atoms with E-state index in [4.69, 9.17) is 10.7 Å². The molecule has 0 saturated heterocycles. The molecule has 0 spiro atoms. The predicted molar refractivity (Wildman–Crippen MR) is 66.6 cm³/mol. The summed E-state index contributed by atoms with van der Waals surface area (Å²) >= 11 is 0. The van der Waals surface area contributed by atoms with Crippen molar-refractivity contribution in [3.05, 3.63) is 12.5 Å². The van der Waals surface area contributed by atoms with Crippen LogP contribution in [0.4, 0.5) is 0 Å². The third-order valence-electron chi connectivity index (χ3n) is 3.58. The topological polar surface area (TPSA) is 52.0 Å². The normalized spacial score (nSPS) is 26.0.